The molecule has 3 atom stereocenters. The lowest BCUT2D eigenvalue weighted by molar-refractivity contribution is -0.136. The number of carbonyl (C=O) groups excluding carboxylic acids is 4. The Kier molecular flexibility index (Phi) is 12.1. The van der Waals surface area contributed by atoms with Crippen LogP contribution in [-0.4, -0.2) is 80.1 Å². The highest BCUT2D eigenvalue weighted by Crippen LogP contribution is 2.43. The number of hydrogen-bond acceptors (Lipinski definition) is 12. The van der Waals surface area contributed by atoms with Gasteiger partial charge >= 0.3 is 0 Å². The Morgan fingerprint density at radius 1 is 1.03 bits per heavy atom. The number of imide groups is 1. The predicted molar refractivity (Wildman–Crippen MR) is 230 cm³/mol. The third kappa shape index (κ3) is 8.75. The van der Waals surface area contributed by atoms with Crippen molar-refractivity contribution in [2.24, 2.45) is 11.3 Å². The van der Waals surface area contributed by atoms with Crippen LogP contribution in [0.25, 0.3) is 22.2 Å². The van der Waals surface area contributed by atoms with Crippen molar-refractivity contribution in [1.82, 2.24) is 40.8 Å². The summed E-state index contributed by atoms with van der Waals surface area (Å²) in [6.07, 6.45) is 16.5. The van der Waals surface area contributed by atoms with Gasteiger partial charge in [-0.1, -0.05) is 48.6 Å². The molecule has 5 heterocycles. The molecule has 4 aliphatic rings. The first kappa shape index (κ1) is 41.7. The summed E-state index contributed by atoms with van der Waals surface area (Å²) in [7, 11) is 0. The number of likely N-dealkylation sites (tertiary alicyclic amines) is 1. The Bertz CT molecular complexity index is 2610. The standard InChI is InChI=1S/C46H48N10O6/c1-30-36-26-34(10-11-35(36)44(61)56(53-30)37-12-13-38(57)50-43(37)60)48-21-6-9-41(59)55-23-16-31(17-24-55)28-62-40-15-22-49-42(51-40)33-8-5-7-32(25-33)27-46(20-14-39(58)52-54-46)45(29-47)18-3-2-4-19-45/h2-5,7-8,10-11,14-15,18,20,22,25-26,31,37,48,54H,6,9,12-13,16-17,19,21,23-24,27-28H2,1H3,(H,52,58)(H,50,57,60). The highest BCUT2D eigenvalue weighted by Gasteiger charge is 2.50. The summed E-state index contributed by atoms with van der Waals surface area (Å²) in [5.74, 6) is 0.208. The first-order valence-electron chi connectivity index (χ1n) is 21.0. The fourth-order valence-corrected chi connectivity index (χ4v) is 8.67. The lowest BCUT2D eigenvalue weighted by Crippen LogP contribution is -2.64. The molecule has 8 rings (SSSR count). The maximum Gasteiger partial charge on any atom is 0.275 e. The molecule has 1 aliphatic carbocycles. The first-order chi connectivity index (χ1) is 30.0. The molecule has 4 amide bonds. The van der Waals surface area contributed by atoms with E-state index in [2.05, 4.69) is 37.6 Å². The van der Waals surface area contributed by atoms with Crippen LogP contribution in [0.2, 0.25) is 0 Å². The van der Waals surface area contributed by atoms with Crippen molar-refractivity contribution in [3.8, 4) is 23.3 Å². The summed E-state index contributed by atoms with van der Waals surface area (Å²) in [5, 5.41) is 21.6. The number of amides is 4. The second-order valence-corrected chi connectivity index (χ2v) is 16.3. The summed E-state index contributed by atoms with van der Waals surface area (Å²) in [6.45, 7) is 4.13. The van der Waals surface area contributed by atoms with E-state index in [1.54, 1.807) is 37.4 Å². The zero-order chi connectivity index (χ0) is 43.3. The Hall–Kier alpha value is -6.99. The van der Waals surface area contributed by atoms with Crippen LogP contribution < -0.4 is 31.8 Å². The highest BCUT2D eigenvalue weighted by atomic mass is 16.5. The number of hydrogen-bond donors (Lipinski definition) is 4. The van der Waals surface area contributed by atoms with Crippen molar-refractivity contribution < 1.29 is 23.9 Å². The van der Waals surface area contributed by atoms with Crippen molar-refractivity contribution in [3.05, 3.63) is 113 Å². The molecule has 16 heteroatoms. The van der Waals surface area contributed by atoms with Gasteiger partial charge in [-0.3, -0.25) is 34.7 Å². The van der Waals surface area contributed by atoms with E-state index in [9.17, 15) is 29.2 Å². The molecule has 2 fully saturated rings. The van der Waals surface area contributed by atoms with E-state index >= 15 is 0 Å². The van der Waals surface area contributed by atoms with Crippen LogP contribution in [0.1, 0.15) is 62.2 Å². The number of piperidine rings is 2. The van der Waals surface area contributed by atoms with Gasteiger partial charge in [0.1, 0.15) is 11.5 Å². The summed E-state index contributed by atoms with van der Waals surface area (Å²) in [6, 6.07) is 16.6. The number of anilines is 1. The van der Waals surface area contributed by atoms with Gasteiger partial charge in [-0.25, -0.2) is 15.1 Å². The van der Waals surface area contributed by atoms with Gasteiger partial charge in [-0.15, -0.1) is 0 Å². The van der Waals surface area contributed by atoms with E-state index in [1.165, 1.54) is 10.8 Å². The van der Waals surface area contributed by atoms with E-state index in [1.807, 2.05) is 59.5 Å². The number of allylic oxidation sites excluding steroid dienone is 3. The van der Waals surface area contributed by atoms with Gasteiger partial charge in [0.25, 0.3) is 17.4 Å². The molecule has 0 bridgehead atoms. The number of aryl methyl sites for hydroxylation is 1. The predicted octanol–water partition coefficient (Wildman–Crippen LogP) is 4.15. The number of benzene rings is 2. The molecule has 2 aromatic heterocycles. The Labute approximate surface area is 358 Å². The van der Waals surface area contributed by atoms with Crippen molar-refractivity contribution in [3.63, 3.8) is 0 Å². The summed E-state index contributed by atoms with van der Waals surface area (Å²) in [5.41, 5.74) is 6.80. The Morgan fingerprint density at radius 3 is 2.65 bits per heavy atom. The van der Waals surface area contributed by atoms with Crippen molar-refractivity contribution in [2.75, 3.05) is 31.6 Å². The van der Waals surface area contributed by atoms with Crippen LogP contribution in [0.15, 0.2) is 96.0 Å². The fraction of sp³-hybridized carbons (Fsp3) is 0.370. The molecule has 0 radical (unpaired) electrons. The second-order valence-electron chi connectivity index (χ2n) is 16.3. The smallest absolute Gasteiger partial charge is 0.275 e. The topological polar surface area (TPSA) is 213 Å². The monoisotopic (exact) mass is 836 g/mol. The number of nitriles is 1. The number of ether oxygens (including phenoxy) is 1. The molecule has 16 nitrogen and oxygen atoms in total. The minimum Gasteiger partial charge on any atom is -0.477 e. The van der Waals surface area contributed by atoms with Gasteiger partial charge in [0.05, 0.1) is 29.3 Å². The quantitative estimate of drug-likeness (QED) is 0.111. The van der Waals surface area contributed by atoms with Crippen molar-refractivity contribution >= 4 is 40.1 Å². The van der Waals surface area contributed by atoms with Crippen LogP contribution in [0, 0.1) is 29.6 Å². The normalized spacial score (nSPS) is 22.5. The lowest BCUT2D eigenvalue weighted by atomic mass is 9.64. The van der Waals surface area contributed by atoms with Crippen LogP contribution in [0.5, 0.6) is 5.88 Å². The van der Waals surface area contributed by atoms with Gasteiger partial charge < -0.3 is 15.0 Å². The average molecular weight is 837 g/mol. The maximum absolute atomic E-state index is 13.3. The van der Waals surface area contributed by atoms with Gasteiger partial charge in [0, 0.05) is 67.5 Å². The Balaban J connectivity index is 0.801. The number of rotatable bonds is 13. The Morgan fingerprint density at radius 2 is 1.89 bits per heavy atom. The van der Waals surface area contributed by atoms with Crippen LogP contribution in [0.4, 0.5) is 5.69 Å². The van der Waals surface area contributed by atoms with Gasteiger partial charge in [0.15, 0.2) is 5.82 Å². The minimum atomic E-state index is -0.923. The maximum atomic E-state index is 13.3. The van der Waals surface area contributed by atoms with Crippen LogP contribution in [-0.2, 0) is 25.6 Å². The van der Waals surface area contributed by atoms with E-state index in [0.717, 1.165) is 29.7 Å². The molecule has 318 valence electrons. The largest absolute Gasteiger partial charge is 0.477 e. The molecule has 0 spiro atoms. The minimum absolute atomic E-state index is 0.113. The molecule has 62 heavy (non-hydrogen) atoms. The number of carbonyl (C=O) groups is 4. The molecule has 4 N–H and O–H groups in total. The SMILES string of the molecule is Cc1nn(C2CCC(=O)NC2=O)c(=O)c2ccc(NCCCC(=O)N3CCC(COc4ccnc(-c5cccc(CC6(C7(C#N)C=CC=CC7)C=CC(=O)NN6)c5)n4)CC3)cc12. The zero-order valence-corrected chi connectivity index (χ0v) is 34.4. The number of nitrogens with zero attached hydrogens (tertiary/aromatic N) is 6. The summed E-state index contributed by atoms with van der Waals surface area (Å²) >= 11 is 0. The number of nitrogens with one attached hydrogen (secondary N) is 4. The molecule has 2 saturated heterocycles. The van der Waals surface area contributed by atoms with Crippen LogP contribution >= 0.6 is 0 Å². The van der Waals surface area contributed by atoms with E-state index in [-0.39, 0.29) is 42.0 Å². The van der Waals surface area contributed by atoms with Crippen molar-refractivity contribution in [1.29, 1.82) is 5.26 Å². The van der Waals surface area contributed by atoms with Crippen molar-refractivity contribution in [2.45, 2.75) is 69.9 Å². The summed E-state index contributed by atoms with van der Waals surface area (Å²) < 4.78 is 7.35. The van der Waals surface area contributed by atoms with E-state index in [0.29, 0.717) is 80.1 Å². The molecular weight excluding hydrogens is 789 g/mol. The third-order valence-electron chi connectivity index (χ3n) is 12.2. The molecule has 3 unspecified atom stereocenters. The number of aromatic nitrogens is 4. The van der Waals surface area contributed by atoms with Gasteiger partial charge in [-0.05, 0) is 81.2 Å². The lowest BCUT2D eigenvalue weighted by Gasteiger charge is -2.45. The van der Waals surface area contributed by atoms with Crippen LogP contribution in [0.3, 0.4) is 0 Å². The second kappa shape index (κ2) is 17.9. The molecular formula is C46H48N10O6. The zero-order valence-electron chi connectivity index (χ0n) is 34.4. The van der Waals surface area contributed by atoms with E-state index in [4.69, 9.17) is 9.72 Å². The number of fused-ring (bicyclic) bond motifs is 1. The summed E-state index contributed by atoms with van der Waals surface area (Å²) in [4.78, 5) is 73.6. The fourth-order valence-electron chi connectivity index (χ4n) is 8.67. The van der Waals surface area contributed by atoms with Gasteiger partial charge in [-0.2, -0.15) is 15.3 Å². The first-order valence-corrected chi connectivity index (χ1v) is 21.0. The van der Waals surface area contributed by atoms with E-state index < -0.39 is 22.9 Å². The highest BCUT2D eigenvalue weighted by molar-refractivity contribution is 5.99. The molecule has 4 aromatic rings. The number of hydrazine groups is 1. The molecule has 3 aliphatic heterocycles. The van der Waals surface area contributed by atoms with Gasteiger partial charge in [0.2, 0.25) is 17.7 Å². The molecule has 0 saturated carbocycles. The molecule has 2 aromatic carbocycles. The average Bonchev–Trinajstić information content (AvgIpc) is 3.30. The third-order valence-corrected chi connectivity index (χ3v) is 12.2.